The zero-order valence-electron chi connectivity index (χ0n) is 20.2. The van der Waals surface area contributed by atoms with E-state index >= 15 is 0 Å². The minimum atomic E-state index is -0.169. The molecule has 4 rings (SSSR count). The zero-order valence-corrected chi connectivity index (χ0v) is 22.4. The summed E-state index contributed by atoms with van der Waals surface area (Å²) in [7, 11) is 0. The number of hydrogen-bond donors (Lipinski definition) is 0. The number of benzene rings is 4. The van der Waals surface area contributed by atoms with Crippen LogP contribution in [0.4, 0.5) is 11.4 Å². The molecule has 0 unspecified atom stereocenters. The number of hydrogen-bond acceptors (Lipinski definition) is 4. The molecule has 0 radical (unpaired) electrons. The van der Waals surface area contributed by atoms with Crippen LogP contribution >= 0.6 is 22.6 Å². The highest BCUT2D eigenvalue weighted by molar-refractivity contribution is 14.1. The van der Waals surface area contributed by atoms with Crippen LogP contribution in [-0.2, 0) is 0 Å². The molecule has 0 N–H and O–H groups in total. The molecule has 0 saturated carbocycles. The standard InChI is InChI=1S/C30H27IN2O3/c1-3-35-25-18-14-23(15-19-25)32-29(22-10-6-5-7-11-22)33(24-16-20-26(21-17-24)36-4-2)30(34)27-12-8-9-13-28(27)31/h5-21H,3-4H2,1-2H3. The first-order chi connectivity index (χ1) is 17.6. The van der Waals surface area contributed by atoms with Crippen molar-refractivity contribution in [1.82, 2.24) is 0 Å². The van der Waals surface area contributed by atoms with Gasteiger partial charge in [-0.15, -0.1) is 0 Å². The molecule has 0 spiro atoms. The molecule has 0 aromatic heterocycles. The second-order valence-electron chi connectivity index (χ2n) is 7.78. The first kappa shape index (κ1) is 25.4. The van der Waals surface area contributed by atoms with E-state index in [2.05, 4.69) is 22.6 Å². The maximum atomic E-state index is 14.1. The van der Waals surface area contributed by atoms with Crippen molar-refractivity contribution in [2.75, 3.05) is 18.1 Å². The molecule has 4 aromatic rings. The lowest BCUT2D eigenvalue weighted by Gasteiger charge is -2.26. The smallest absolute Gasteiger partial charge is 0.265 e. The lowest BCUT2D eigenvalue weighted by Crippen LogP contribution is -2.38. The van der Waals surface area contributed by atoms with Gasteiger partial charge in [0.25, 0.3) is 5.91 Å². The number of aliphatic imine (C=N–C) groups is 1. The summed E-state index contributed by atoms with van der Waals surface area (Å²) in [6, 6.07) is 32.4. The van der Waals surface area contributed by atoms with E-state index in [4.69, 9.17) is 14.5 Å². The minimum Gasteiger partial charge on any atom is -0.494 e. The summed E-state index contributed by atoms with van der Waals surface area (Å²) in [5.74, 6) is 1.87. The molecule has 1 amide bonds. The van der Waals surface area contributed by atoms with E-state index in [1.54, 1.807) is 4.90 Å². The normalized spacial score (nSPS) is 11.1. The van der Waals surface area contributed by atoms with Crippen LogP contribution in [0, 0.1) is 3.57 Å². The van der Waals surface area contributed by atoms with Gasteiger partial charge in [0.1, 0.15) is 17.3 Å². The Morgan fingerprint density at radius 3 is 1.89 bits per heavy atom. The Bertz CT molecular complexity index is 1320. The molecule has 5 nitrogen and oxygen atoms in total. The third kappa shape index (κ3) is 6.12. The Morgan fingerprint density at radius 1 is 0.750 bits per heavy atom. The SMILES string of the molecule is CCOc1ccc(N=C(c2ccccc2)N(C(=O)c2ccccc2I)c2ccc(OCC)cc2)cc1. The fourth-order valence-electron chi connectivity index (χ4n) is 3.69. The molecule has 0 heterocycles. The van der Waals surface area contributed by atoms with Gasteiger partial charge in [-0.2, -0.15) is 0 Å². The number of rotatable bonds is 8. The molecule has 0 aliphatic heterocycles. The lowest BCUT2D eigenvalue weighted by atomic mass is 10.1. The Hall–Kier alpha value is -3.65. The molecular weight excluding hydrogens is 563 g/mol. The zero-order chi connectivity index (χ0) is 25.3. The molecule has 6 heteroatoms. The molecule has 0 fully saturated rings. The van der Waals surface area contributed by atoms with Gasteiger partial charge in [0.2, 0.25) is 0 Å². The summed E-state index contributed by atoms with van der Waals surface area (Å²) in [5, 5.41) is 0. The Kier molecular flexibility index (Phi) is 8.73. The number of amidine groups is 1. The molecule has 0 aliphatic carbocycles. The molecule has 0 aliphatic rings. The maximum Gasteiger partial charge on any atom is 0.265 e. The molecular formula is C30H27IN2O3. The first-order valence-corrected chi connectivity index (χ1v) is 12.9. The van der Waals surface area contributed by atoms with Gasteiger partial charge in [0.05, 0.1) is 30.2 Å². The maximum absolute atomic E-state index is 14.1. The summed E-state index contributed by atoms with van der Waals surface area (Å²) in [6.07, 6.45) is 0. The molecule has 0 saturated heterocycles. The van der Waals surface area contributed by atoms with Gasteiger partial charge >= 0.3 is 0 Å². The molecule has 182 valence electrons. The van der Waals surface area contributed by atoms with Crippen molar-refractivity contribution in [2.24, 2.45) is 4.99 Å². The fourth-order valence-corrected chi connectivity index (χ4v) is 4.30. The van der Waals surface area contributed by atoms with Gasteiger partial charge in [0, 0.05) is 9.13 Å². The number of halogens is 1. The van der Waals surface area contributed by atoms with E-state index < -0.39 is 0 Å². The molecule has 0 bridgehead atoms. The van der Waals surface area contributed by atoms with Gasteiger partial charge in [-0.1, -0.05) is 42.5 Å². The van der Waals surface area contributed by atoms with Gasteiger partial charge in [-0.25, -0.2) is 4.99 Å². The summed E-state index contributed by atoms with van der Waals surface area (Å²) < 4.78 is 12.1. The van der Waals surface area contributed by atoms with Crippen molar-refractivity contribution in [2.45, 2.75) is 13.8 Å². The van der Waals surface area contributed by atoms with E-state index in [9.17, 15) is 4.79 Å². The minimum absolute atomic E-state index is 0.169. The van der Waals surface area contributed by atoms with Crippen molar-refractivity contribution in [3.63, 3.8) is 0 Å². The topological polar surface area (TPSA) is 51.1 Å². The van der Waals surface area contributed by atoms with Crippen LogP contribution in [0.3, 0.4) is 0 Å². The van der Waals surface area contributed by atoms with Crippen molar-refractivity contribution < 1.29 is 14.3 Å². The highest BCUT2D eigenvalue weighted by atomic mass is 127. The van der Waals surface area contributed by atoms with Crippen molar-refractivity contribution >= 4 is 45.7 Å². The highest BCUT2D eigenvalue weighted by Crippen LogP contribution is 2.28. The summed E-state index contributed by atoms with van der Waals surface area (Å²) in [6.45, 7) is 5.05. The third-order valence-electron chi connectivity index (χ3n) is 5.34. The lowest BCUT2D eigenvalue weighted by molar-refractivity contribution is 0.100. The second kappa shape index (κ2) is 12.4. The van der Waals surface area contributed by atoms with Crippen molar-refractivity contribution in [3.05, 3.63) is 118 Å². The Labute approximate surface area is 225 Å². The fraction of sp³-hybridized carbons (Fsp3) is 0.133. The van der Waals surface area contributed by atoms with Crippen LogP contribution in [0.2, 0.25) is 0 Å². The molecule has 4 aromatic carbocycles. The predicted molar refractivity (Wildman–Crippen MR) is 154 cm³/mol. The van der Waals surface area contributed by atoms with Crippen LogP contribution in [0.25, 0.3) is 0 Å². The first-order valence-electron chi connectivity index (χ1n) is 11.8. The van der Waals surface area contributed by atoms with E-state index in [1.165, 1.54) is 0 Å². The number of anilines is 1. The van der Waals surface area contributed by atoms with Crippen LogP contribution in [0.1, 0.15) is 29.8 Å². The van der Waals surface area contributed by atoms with Gasteiger partial charge in [0.15, 0.2) is 0 Å². The average Bonchev–Trinajstić information content (AvgIpc) is 2.91. The van der Waals surface area contributed by atoms with Crippen LogP contribution in [0.5, 0.6) is 11.5 Å². The van der Waals surface area contributed by atoms with Gasteiger partial charge in [-0.3, -0.25) is 9.69 Å². The number of ether oxygens (including phenoxy) is 2. The van der Waals surface area contributed by atoms with Crippen LogP contribution < -0.4 is 14.4 Å². The van der Waals surface area contributed by atoms with Crippen LogP contribution in [-0.4, -0.2) is 25.0 Å². The largest absolute Gasteiger partial charge is 0.494 e. The summed E-state index contributed by atoms with van der Waals surface area (Å²) in [4.78, 5) is 20.8. The Balaban J connectivity index is 1.88. The van der Waals surface area contributed by atoms with Gasteiger partial charge in [-0.05, 0) is 97.1 Å². The monoisotopic (exact) mass is 590 g/mol. The highest BCUT2D eigenvalue weighted by Gasteiger charge is 2.26. The molecule has 36 heavy (non-hydrogen) atoms. The molecule has 0 atom stereocenters. The quantitative estimate of drug-likeness (QED) is 0.121. The number of nitrogens with zero attached hydrogens (tertiary/aromatic N) is 2. The summed E-state index contributed by atoms with van der Waals surface area (Å²) >= 11 is 2.20. The van der Waals surface area contributed by atoms with Crippen molar-refractivity contribution in [1.29, 1.82) is 0 Å². The second-order valence-corrected chi connectivity index (χ2v) is 8.94. The van der Waals surface area contributed by atoms with E-state index in [1.807, 2.05) is 117 Å². The third-order valence-corrected chi connectivity index (χ3v) is 6.28. The van der Waals surface area contributed by atoms with E-state index in [0.29, 0.717) is 36.0 Å². The number of carbonyl (C=O) groups is 1. The van der Waals surface area contributed by atoms with Gasteiger partial charge < -0.3 is 9.47 Å². The van der Waals surface area contributed by atoms with Crippen LogP contribution in [0.15, 0.2) is 108 Å². The van der Waals surface area contributed by atoms with E-state index in [-0.39, 0.29) is 5.91 Å². The average molecular weight is 590 g/mol. The number of carbonyl (C=O) groups excluding carboxylic acids is 1. The van der Waals surface area contributed by atoms with Crippen molar-refractivity contribution in [3.8, 4) is 11.5 Å². The predicted octanol–water partition coefficient (Wildman–Crippen LogP) is 7.51. The van der Waals surface area contributed by atoms with E-state index in [0.717, 1.165) is 20.6 Å². The summed E-state index contributed by atoms with van der Waals surface area (Å²) in [5.41, 5.74) is 2.82. The Morgan fingerprint density at radius 2 is 1.31 bits per heavy atom. The number of amides is 1.